The van der Waals surface area contributed by atoms with Gasteiger partial charge in [-0.15, -0.1) is 10.2 Å². The minimum atomic E-state index is 0.385. The van der Waals surface area contributed by atoms with Crippen LogP contribution in [0.15, 0.2) is 24.3 Å². The van der Waals surface area contributed by atoms with Crippen LogP contribution in [-0.4, -0.2) is 10.2 Å². The van der Waals surface area contributed by atoms with Crippen LogP contribution >= 0.6 is 11.3 Å². The van der Waals surface area contributed by atoms with Gasteiger partial charge >= 0.3 is 0 Å². The SMILES string of the molecule is Cc1nnc(NC2CCCCc3ccccc32)s1. The summed E-state index contributed by atoms with van der Waals surface area (Å²) in [5, 5.41) is 13.7. The van der Waals surface area contributed by atoms with Gasteiger partial charge in [-0.05, 0) is 37.3 Å². The highest BCUT2D eigenvalue weighted by atomic mass is 32.1. The zero-order valence-corrected chi connectivity index (χ0v) is 11.3. The van der Waals surface area contributed by atoms with Crippen LogP contribution in [0.1, 0.15) is 41.4 Å². The zero-order chi connectivity index (χ0) is 12.4. The molecular weight excluding hydrogens is 242 g/mol. The van der Waals surface area contributed by atoms with Gasteiger partial charge in [-0.3, -0.25) is 0 Å². The minimum Gasteiger partial charge on any atom is -0.353 e. The summed E-state index contributed by atoms with van der Waals surface area (Å²) in [5.74, 6) is 0. The van der Waals surface area contributed by atoms with Crippen molar-refractivity contribution >= 4 is 16.5 Å². The molecule has 1 atom stereocenters. The van der Waals surface area contributed by atoms with Gasteiger partial charge in [0.05, 0.1) is 6.04 Å². The Morgan fingerprint density at radius 3 is 2.94 bits per heavy atom. The zero-order valence-electron chi connectivity index (χ0n) is 10.5. The Morgan fingerprint density at radius 2 is 2.11 bits per heavy atom. The van der Waals surface area contributed by atoms with Crippen molar-refractivity contribution in [1.29, 1.82) is 0 Å². The van der Waals surface area contributed by atoms with Crippen molar-refractivity contribution in [2.24, 2.45) is 0 Å². The molecule has 0 saturated carbocycles. The molecule has 1 aromatic heterocycles. The molecule has 18 heavy (non-hydrogen) atoms. The standard InChI is InChI=1S/C14H17N3S/c1-10-16-17-14(18-10)15-13-9-5-3-7-11-6-2-4-8-12(11)13/h2,4,6,8,13H,3,5,7,9H2,1H3,(H,15,17). The molecule has 0 saturated heterocycles. The summed E-state index contributed by atoms with van der Waals surface area (Å²) in [5.41, 5.74) is 2.91. The quantitative estimate of drug-likeness (QED) is 0.835. The lowest BCUT2D eigenvalue weighted by Gasteiger charge is -2.18. The van der Waals surface area contributed by atoms with Crippen LogP contribution in [0.3, 0.4) is 0 Å². The van der Waals surface area contributed by atoms with Crippen molar-refractivity contribution in [2.75, 3.05) is 5.32 Å². The van der Waals surface area contributed by atoms with E-state index in [1.165, 1.54) is 36.8 Å². The first-order valence-corrected chi connectivity index (χ1v) is 7.29. The fourth-order valence-corrected chi connectivity index (χ4v) is 3.22. The maximum Gasteiger partial charge on any atom is 0.206 e. The van der Waals surface area contributed by atoms with E-state index in [1.807, 2.05) is 6.92 Å². The summed E-state index contributed by atoms with van der Waals surface area (Å²) in [6.45, 7) is 1.99. The highest BCUT2D eigenvalue weighted by Gasteiger charge is 2.19. The molecule has 0 fully saturated rings. The molecule has 0 bridgehead atoms. The molecule has 3 nitrogen and oxygen atoms in total. The molecule has 3 rings (SSSR count). The Labute approximate surface area is 111 Å². The monoisotopic (exact) mass is 259 g/mol. The van der Waals surface area contributed by atoms with E-state index in [-0.39, 0.29) is 0 Å². The van der Waals surface area contributed by atoms with Gasteiger partial charge in [-0.25, -0.2) is 0 Å². The first-order valence-electron chi connectivity index (χ1n) is 6.47. The predicted molar refractivity (Wildman–Crippen MR) is 75.0 cm³/mol. The summed E-state index contributed by atoms with van der Waals surface area (Å²) >= 11 is 1.63. The minimum absolute atomic E-state index is 0.385. The summed E-state index contributed by atoms with van der Waals surface area (Å²) in [6, 6.07) is 9.14. The molecule has 2 aromatic rings. The van der Waals surface area contributed by atoms with Crippen molar-refractivity contribution < 1.29 is 0 Å². The van der Waals surface area contributed by atoms with Gasteiger partial charge in [-0.1, -0.05) is 42.0 Å². The van der Waals surface area contributed by atoms with E-state index in [0.717, 1.165) is 10.1 Å². The van der Waals surface area contributed by atoms with Gasteiger partial charge in [0.1, 0.15) is 5.01 Å². The maximum absolute atomic E-state index is 4.17. The normalized spacial score (nSPS) is 19.1. The molecule has 1 aliphatic rings. The van der Waals surface area contributed by atoms with Crippen LogP contribution in [0.5, 0.6) is 0 Å². The molecule has 0 aliphatic heterocycles. The number of fused-ring (bicyclic) bond motifs is 1. The highest BCUT2D eigenvalue weighted by Crippen LogP contribution is 2.32. The second-order valence-corrected chi connectivity index (χ2v) is 5.95. The Balaban J connectivity index is 1.87. The number of benzene rings is 1. The summed E-state index contributed by atoms with van der Waals surface area (Å²) in [4.78, 5) is 0. The van der Waals surface area contributed by atoms with Crippen LogP contribution in [0.2, 0.25) is 0 Å². The van der Waals surface area contributed by atoms with Gasteiger partial charge in [0.25, 0.3) is 0 Å². The maximum atomic E-state index is 4.17. The van der Waals surface area contributed by atoms with Gasteiger partial charge in [-0.2, -0.15) is 0 Å². The number of aryl methyl sites for hydroxylation is 2. The predicted octanol–water partition coefficient (Wildman–Crippen LogP) is 3.73. The highest BCUT2D eigenvalue weighted by molar-refractivity contribution is 7.15. The smallest absolute Gasteiger partial charge is 0.206 e. The topological polar surface area (TPSA) is 37.8 Å². The van der Waals surface area contributed by atoms with Gasteiger partial charge in [0, 0.05) is 0 Å². The van der Waals surface area contributed by atoms with E-state index in [4.69, 9.17) is 0 Å². The first kappa shape index (κ1) is 11.7. The van der Waals surface area contributed by atoms with Crippen LogP contribution in [0.25, 0.3) is 0 Å². The van der Waals surface area contributed by atoms with Crippen molar-refractivity contribution in [3.8, 4) is 0 Å². The van der Waals surface area contributed by atoms with E-state index in [1.54, 1.807) is 11.3 Å². The molecule has 0 spiro atoms. The third-order valence-corrected chi connectivity index (χ3v) is 4.21. The third kappa shape index (κ3) is 2.38. The van der Waals surface area contributed by atoms with Crippen molar-refractivity contribution in [3.63, 3.8) is 0 Å². The Bertz CT molecular complexity index is 535. The van der Waals surface area contributed by atoms with Crippen molar-refractivity contribution in [2.45, 2.75) is 38.6 Å². The molecule has 1 aromatic carbocycles. The number of nitrogens with one attached hydrogen (secondary N) is 1. The van der Waals surface area contributed by atoms with Gasteiger partial charge in [0.15, 0.2) is 0 Å². The molecule has 94 valence electrons. The van der Waals surface area contributed by atoms with Crippen molar-refractivity contribution in [1.82, 2.24) is 10.2 Å². The molecule has 4 heteroatoms. The Morgan fingerprint density at radius 1 is 1.22 bits per heavy atom. The number of anilines is 1. The first-order chi connectivity index (χ1) is 8.83. The van der Waals surface area contributed by atoms with E-state index in [2.05, 4.69) is 39.8 Å². The second kappa shape index (κ2) is 5.06. The average molecular weight is 259 g/mol. The average Bonchev–Trinajstić information content (AvgIpc) is 2.68. The molecule has 1 aliphatic carbocycles. The fraction of sp³-hybridized carbons (Fsp3) is 0.429. The summed E-state index contributed by atoms with van der Waals surface area (Å²) in [6.07, 6.45) is 4.92. The van der Waals surface area contributed by atoms with E-state index < -0.39 is 0 Å². The van der Waals surface area contributed by atoms with E-state index >= 15 is 0 Å². The van der Waals surface area contributed by atoms with Crippen LogP contribution in [0, 0.1) is 6.92 Å². The van der Waals surface area contributed by atoms with Crippen LogP contribution in [-0.2, 0) is 6.42 Å². The Hall–Kier alpha value is -1.42. The molecule has 1 unspecified atom stereocenters. The van der Waals surface area contributed by atoms with E-state index in [9.17, 15) is 0 Å². The van der Waals surface area contributed by atoms with Crippen LogP contribution in [0.4, 0.5) is 5.13 Å². The lowest BCUT2D eigenvalue weighted by atomic mass is 9.99. The molecule has 0 radical (unpaired) electrons. The third-order valence-electron chi connectivity index (χ3n) is 3.44. The lowest BCUT2D eigenvalue weighted by molar-refractivity contribution is 0.643. The summed E-state index contributed by atoms with van der Waals surface area (Å²) < 4.78 is 0. The lowest BCUT2D eigenvalue weighted by Crippen LogP contribution is -2.11. The molecule has 1 heterocycles. The van der Waals surface area contributed by atoms with Crippen molar-refractivity contribution in [3.05, 3.63) is 40.4 Å². The summed E-state index contributed by atoms with van der Waals surface area (Å²) in [7, 11) is 0. The number of hydrogen-bond acceptors (Lipinski definition) is 4. The van der Waals surface area contributed by atoms with Gasteiger partial charge < -0.3 is 5.32 Å². The number of nitrogens with zero attached hydrogens (tertiary/aromatic N) is 2. The largest absolute Gasteiger partial charge is 0.353 e. The molecule has 0 amide bonds. The Kier molecular flexibility index (Phi) is 3.28. The number of rotatable bonds is 2. The second-order valence-electron chi connectivity index (χ2n) is 4.77. The number of aromatic nitrogens is 2. The van der Waals surface area contributed by atoms with Gasteiger partial charge in [0.2, 0.25) is 5.13 Å². The fourth-order valence-electron chi connectivity index (χ4n) is 2.58. The molecular formula is C14H17N3S. The van der Waals surface area contributed by atoms with E-state index in [0.29, 0.717) is 6.04 Å². The van der Waals surface area contributed by atoms with Crippen LogP contribution < -0.4 is 5.32 Å². The number of hydrogen-bond donors (Lipinski definition) is 1. The molecule has 1 N–H and O–H groups in total.